The molecule has 2 unspecified atom stereocenters. The molecular formula is C14H20N2O3S2. The summed E-state index contributed by atoms with van der Waals surface area (Å²) >= 11 is 1.75. The Bertz CT molecular complexity index is 644. The van der Waals surface area contributed by atoms with Crippen LogP contribution in [0.1, 0.15) is 29.6 Å². The van der Waals surface area contributed by atoms with Gasteiger partial charge in [0.15, 0.2) is 9.84 Å². The number of anilines is 1. The van der Waals surface area contributed by atoms with Crippen LogP contribution in [0.3, 0.4) is 0 Å². The van der Waals surface area contributed by atoms with Crippen LogP contribution in [0.4, 0.5) is 5.69 Å². The molecule has 7 heteroatoms. The maximum Gasteiger partial charge on any atom is 0.251 e. The van der Waals surface area contributed by atoms with E-state index in [0.29, 0.717) is 10.8 Å². The van der Waals surface area contributed by atoms with Crippen molar-refractivity contribution in [2.45, 2.75) is 35.4 Å². The third-order valence-corrected chi connectivity index (χ3v) is 5.95. The lowest BCUT2D eigenvalue weighted by Gasteiger charge is -2.19. The van der Waals surface area contributed by atoms with Crippen LogP contribution in [0, 0.1) is 0 Å². The number of thioether (sulfide) groups is 1. The molecule has 0 heterocycles. The Kier molecular flexibility index (Phi) is 4.83. The molecule has 1 fully saturated rings. The first kappa shape index (κ1) is 16.2. The molecule has 1 aromatic carbocycles. The molecule has 2 atom stereocenters. The van der Waals surface area contributed by atoms with E-state index < -0.39 is 9.84 Å². The van der Waals surface area contributed by atoms with E-state index in [9.17, 15) is 13.2 Å². The number of rotatable bonds is 4. The summed E-state index contributed by atoms with van der Waals surface area (Å²) < 4.78 is 23.2. The number of hydrogen-bond donors (Lipinski definition) is 2. The van der Waals surface area contributed by atoms with Crippen molar-refractivity contribution in [3.8, 4) is 0 Å². The van der Waals surface area contributed by atoms with Crippen LogP contribution in [0.5, 0.6) is 0 Å². The highest BCUT2D eigenvalue weighted by molar-refractivity contribution is 7.99. The second-order valence-corrected chi connectivity index (χ2v) is 8.44. The fourth-order valence-electron chi connectivity index (χ4n) is 2.59. The zero-order valence-corrected chi connectivity index (χ0v) is 13.8. The fourth-order valence-corrected chi connectivity index (χ4v) is 4.22. The van der Waals surface area contributed by atoms with Gasteiger partial charge in [0.1, 0.15) is 0 Å². The first-order valence-corrected chi connectivity index (χ1v) is 9.93. The van der Waals surface area contributed by atoms with Crippen molar-refractivity contribution in [3.63, 3.8) is 0 Å². The maximum absolute atomic E-state index is 12.3. The molecule has 0 spiro atoms. The second-order valence-electron chi connectivity index (χ2n) is 5.35. The van der Waals surface area contributed by atoms with E-state index in [1.54, 1.807) is 11.8 Å². The zero-order valence-electron chi connectivity index (χ0n) is 12.1. The Morgan fingerprint density at radius 1 is 1.33 bits per heavy atom. The number of nitrogens with one attached hydrogen (secondary N) is 1. The van der Waals surface area contributed by atoms with Crippen LogP contribution in [0.25, 0.3) is 0 Å². The summed E-state index contributed by atoms with van der Waals surface area (Å²) in [6.45, 7) is 0. The predicted molar refractivity (Wildman–Crippen MR) is 86.4 cm³/mol. The molecule has 0 aromatic heterocycles. The zero-order chi connectivity index (χ0) is 15.6. The lowest BCUT2D eigenvalue weighted by atomic mass is 10.1. The molecule has 0 aliphatic heterocycles. The van der Waals surface area contributed by atoms with E-state index in [-0.39, 0.29) is 22.5 Å². The normalized spacial score (nSPS) is 22.2. The van der Waals surface area contributed by atoms with Crippen LogP contribution in [0.15, 0.2) is 23.1 Å². The third kappa shape index (κ3) is 3.91. The highest BCUT2D eigenvalue weighted by atomic mass is 32.2. The monoisotopic (exact) mass is 328 g/mol. The minimum absolute atomic E-state index is 0.0699. The molecule has 3 N–H and O–H groups in total. The quantitative estimate of drug-likeness (QED) is 0.821. The maximum atomic E-state index is 12.3. The molecule has 5 nitrogen and oxygen atoms in total. The van der Waals surface area contributed by atoms with Crippen molar-refractivity contribution in [1.82, 2.24) is 5.32 Å². The fraction of sp³-hybridized carbons (Fsp3) is 0.500. The van der Waals surface area contributed by atoms with E-state index in [1.165, 1.54) is 18.2 Å². The molecule has 0 radical (unpaired) electrons. The van der Waals surface area contributed by atoms with Gasteiger partial charge in [0.2, 0.25) is 0 Å². The average Bonchev–Trinajstić information content (AvgIpc) is 2.84. The minimum Gasteiger partial charge on any atom is -0.399 e. The SMILES string of the molecule is CSC1CCCC1NC(=O)c1cc(N)cc(S(C)(=O)=O)c1. The van der Waals surface area contributed by atoms with E-state index in [2.05, 4.69) is 5.32 Å². The lowest BCUT2D eigenvalue weighted by molar-refractivity contribution is 0.0938. The number of sulfone groups is 1. The number of nitrogen functional groups attached to an aromatic ring is 1. The van der Waals surface area contributed by atoms with Crippen LogP contribution >= 0.6 is 11.8 Å². The summed E-state index contributed by atoms with van der Waals surface area (Å²) in [6, 6.07) is 4.39. The molecule has 1 aliphatic rings. The molecule has 0 saturated heterocycles. The van der Waals surface area contributed by atoms with Crippen molar-refractivity contribution in [2.24, 2.45) is 0 Å². The van der Waals surface area contributed by atoms with Gasteiger partial charge in [-0.2, -0.15) is 11.8 Å². The van der Waals surface area contributed by atoms with Gasteiger partial charge in [-0.05, 0) is 37.3 Å². The van der Waals surface area contributed by atoms with Crippen LogP contribution < -0.4 is 11.1 Å². The molecule has 1 amide bonds. The van der Waals surface area contributed by atoms with Gasteiger partial charge in [-0.1, -0.05) is 6.42 Å². The van der Waals surface area contributed by atoms with Crippen molar-refractivity contribution in [1.29, 1.82) is 0 Å². The second kappa shape index (κ2) is 6.27. The number of amides is 1. The Hall–Kier alpha value is -1.21. The Labute approximate surface area is 129 Å². The Morgan fingerprint density at radius 3 is 2.67 bits per heavy atom. The smallest absolute Gasteiger partial charge is 0.251 e. The average molecular weight is 328 g/mol. The van der Waals surface area contributed by atoms with Gasteiger partial charge in [0, 0.05) is 28.8 Å². The van der Waals surface area contributed by atoms with E-state index in [0.717, 1.165) is 25.5 Å². The largest absolute Gasteiger partial charge is 0.399 e. The molecular weight excluding hydrogens is 308 g/mol. The Morgan fingerprint density at radius 2 is 2.05 bits per heavy atom. The number of carbonyl (C=O) groups is 1. The number of carbonyl (C=O) groups excluding carboxylic acids is 1. The van der Waals surface area contributed by atoms with E-state index >= 15 is 0 Å². The minimum atomic E-state index is -3.39. The van der Waals surface area contributed by atoms with Gasteiger partial charge < -0.3 is 11.1 Å². The summed E-state index contributed by atoms with van der Waals surface area (Å²) in [5.41, 5.74) is 6.27. The molecule has 0 bridgehead atoms. The van der Waals surface area contributed by atoms with Crippen molar-refractivity contribution >= 4 is 33.2 Å². The number of hydrogen-bond acceptors (Lipinski definition) is 5. The van der Waals surface area contributed by atoms with E-state index in [4.69, 9.17) is 5.73 Å². The summed E-state index contributed by atoms with van der Waals surface area (Å²) in [5, 5.41) is 3.41. The third-order valence-electron chi connectivity index (χ3n) is 3.69. The highest BCUT2D eigenvalue weighted by Gasteiger charge is 2.28. The van der Waals surface area contributed by atoms with Crippen LogP contribution in [0.2, 0.25) is 0 Å². The lowest BCUT2D eigenvalue weighted by Crippen LogP contribution is -2.38. The summed E-state index contributed by atoms with van der Waals surface area (Å²) in [4.78, 5) is 12.4. The Balaban J connectivity index is 2.21. The van der Waals surface area contributed by atoms with Gasteiger partial charge in [0.25, 0.3) is 5.91 Å². The summed E-state index contributed by atoms with van der Waals surface area (Å²) in [7, 11) is -3.39. The van der Waals surface area contributed by atoms with Crippen molar-refractivity contribution in [2.75, 3.05) is 18.2 Å². The van der Waals surface area contributed by atoms with E-state index in [1.807, 2.05) is 6.26 Å². The van der Waals surface area contributed by atoms with Gasteiger partial charge in [-0.25, -0.2) is 8.42 Å². The topological polar surface area (TPSA) is 89.3 Å². The summed E-state index contributed by atoms with van der Waals surface area (Å²) in [5.74, 6) is -0.266. The molecule has 21 heavy (non-hydrogen) atoms. The molecule has 116 valence electrons. The van der Waals surface area contributed by atoms with Crippen LogP contribution in [-0.4, -0.2) is 38.1 Å². The van der Waals surface area contributed by atoms with Crippen LogP contribution in [-0.2, 0) is 9.84 Å². The predicted octanol–water partition coefficient (Wildman–Crippen LogP) is 1.69. The van der Waals surface area contributed by atoms with Crippen molar-refractivity contribution < 1.29 is 13.2 Å². The molecule has 1 aliphatic carbocycles. The first-order chi connectivity index (χ1) is 9.81. The van der Waals surface area contributed by atoms with Gasteiger partial charge in [-0.3, -0.25) is 4.79 Å². The molecule has 2 rings (SSSR count). The van der Waals surface area contributed by atoms with Crippen molar-refractivity contribution in [3.05, 3.63) is 23.8 Å². The molecule has 1 saturated carbocycles. The first-order valence-electron chi connectivity index (χ1n) is 6.75. The van der Waals surface area contributed by atoms with Gasteiger partial charge in [-0.15, -0.1) is 0 Å². The summed E-state index contributed by atoms with van der Waals surface area (Å²) in [6.07, 6.45) is 6.29. The van der Waals surface area contributed by atoms with Gasteiger partial charge >= 0.3 is 0 Å². The van der Waals surface area contributed by atoms with Gasteiger partial charge in [0.05, 0.1) is 4.90 Å². The highest BCUT2D eigenvalue weighted by Crippen LogP contribution is 2.28. The standard InChI is InChI=1S/C14H20N2O3S2/c1-20-13-5-3-4-12(13)16-14(17)9-6-10(15)8-11(7-9)21(2,18)19/h6-8,12-13H,3-5,15H2,1-2H3,(H,16,17). The number of nitrogens with two attached hydrogens (primary N) is 1. The molecule has 1 aromatic rings. The number of benzene rings is 1.